The first-order valence-electron chi connectivity index (χ1n) is 10.8. The average molecular weight is 497 g/mol. The van der Waals surface area contributed by atoms with E-state index in [9.17, 15) is 27.9 Å². The number of ether oxygens (including phenoxy) is 3. The van der Waals surface area contributed by atoms with Gasteiger partial charge >= 0.3 is 6.36 Å². The van der Waals surface area contributed by atoms with Gasteiger partial charge in [0.1, 0.15) is 11.5 Å². The molecule has 3 aromatic rings. The molecule has 7 nitrogen and oxygen atoms in total. The minimum absolute atomic E-state index is 0.00354. The van der Waals surface area contributed by atoms with Gasteiger partial charge in [0, 0.05) is 17.3 Å². The monoisotopic (exact) mass is 497 g/mol. The molecular formula is C26H18F3NO6. The summed E-state index contributed by atoms with van der Waals surface area (Å²) < 4.78 is 53.1. The number of aliphatic hydroxyl groups is 1. The summed E-state index contributed by atoms with van der Waals surface area (Å²) in [4.78, 5) is 27.5. The predicted octanol–water partition coefficient (Wildman–Crippen LogP) is 5.25. The highest BCUT2D eigenvalue weighted by Crippen LogP contribution is 2.44. The number of nitrogens with zero attached hydrogens (tertiary/aromatic N) is 1. The number of benzene rings is 3. The minimum atomic E-state index is -4.94. The zero-order chi connectivity index (χ0) is 25.6. The molecule has 36 heavy (non-hydrogen) atoms. The van der Waals surface area contributed by atoms with Crippen molar-refractivity contribution in [1.29, 1.82) is 0 Å². The Bertz CT molecular complexity index is 1410. The largest absolute Gasteiger partial charge is 0.573 e. The zero-order valence-electron chi connectivity index (χ0n) is 18.7. The quantitative estimate of drug-likeness (QED) is 0.301. The Balaban J connectivity index is 1.67. The Morgan fingerprint density at radius 1 is 1.00 bits per heavy atom. The van der Waals surface area contributed by atoms with Gasteiger partial charge in [0.2, 0.25) is 6.79 Å². The molecule has 1 unspecified atom stereocenters. The van der Waals surface area contributed by atoms with E-state index in [0.29, 0.717) is 17.1 Å². The van der Waals surface area contributed by atoms with Crippen LogP contribution in [-0.4, -0.2) is 30.0 Å². The molecule has 1 saturated heterocycles. The van der Waals surface area contributed by atoms with E-state index in [1.807, 2.05) is 13.0 Å². The summed E-state index contributed by atoms with van der Waals surface area (Å²) in [5.41, 5.74) is 1.29. The van der Waals surface area contributed by atoms with Gasteiger partial charge in [0.05, 0.1) is 11.6 Å². The van der Waals surface area contributed by atoms with E-state index < -0.39 is 35.6 Å². The number of alkyl halides is 3. The van der Waals surface area contributed by atoms with E-state index in [2.05, 4.69) is 4.74 Å². The van der Waals surface area contributed by atoms with Crippen LogP contribution in [0.3, 0.4) is 0 Å². The molecule has 1 amide bonds. The maximum absolute atomic E-state index is 13.2. The lowest BCUT2D eigenvalue weighted by Crippen LogP contribution is -2.29. The van der Waals surface area contributed by atoms with E-state index in [4.69, 9.17) is 9.47 Å². The van der Waals surface area contributed by atoms with Gasteiger partial charge < -0.3 is 19.3 Å². The van der Waals surface area contributed by atoms with Crippen molar-refractivity contribution in [2.75, 3.05) is 11.7 Å². The number of hydrogen-bond donors (Lipinski definition) is 1. The van der Waals surface area contributed by atoms with Crippen molar-refractivity contribution in [1.82, 2.24) is 0 Å². The Kier molecular flexibility index (Phi) is 5.58. The van der Waals surface area contributed by atoms with E-state index in [0.717, 1.165) is 22.6 Å². The molecule has 0 saturated carbocycles. The van der Waals surface area contributed by atoms with Crippen molar-refractivity contribution in [3.63, 3.8) is 0 Å². The standard InChI is InChI=1S/C26H18F3NO6/c1-14-4-2-5-15(10-14)22-21(23(31)16-8-9-19-20(11-16)35-13-34-19)24(32)25(33)30(22)17-6-3-7-18(12-17)36-26(27,28)29/h2-12,22,31H,13H2,1H3/b23-21-. The number of rotatable bonds is 4. The van der Waals surface area contributed by atoms with Crippen LogP contribution >= 0.6 is 0 Å². The van der Waals surface area contributed by atoms with Crippen LogP contribution < -0.4 is 19.1 Å². The fraction of sp³-hybridized carbons (Fsp3) is 0.154. The molecule has 0 spiro atoms. The first kappa shape index (κ1) is 23.3. The molecule has 2 aliphatic heterocycles. The summed E-state index contributed by atoms with van der Waals surface area (Å²) in [5.74, 6) is -2.18. The molecule has 0 aromatic heterocycles. The number of fused-ring (bicyclic) bond motifs is 1. The number of amides is 1. The number of Topliss-reactive ketones (excluding diaryl/α,β-unsaturated/α-hetero) is 1. The maximum Gasteiger partial charge on any atom is 0.573 e. The molecular weight excluding hydrogens is 479 g/mol. The zero-order valence-corrected chi connectivity index (χ0v) is 18.7. The second-order valence-electron chi connectivity index (χ2n) is 8.20. The molecule has 0 bridgehead atoms. The molecule has 5 rings (SSSR count). The van der Waals surface area contributed by atoms with E-state index in [1.165, 1.54) is 24.3 Å². The minimum Gasteiger partial charge on any atom is -0.507 e. The SMILES string of the molecule is Cc1cccc(C2/C(=C(/O)c3ccc4c(c3)OCO4)C(=O)C(=O)N2c2cccc(OC(F)(F)F)c2)c1. The Morgan fingerprint density at radius 2 is 1.75 bits per heavy atom. The van der Waals surface area contributed by atoms with E-state index in [-0.39, 0.29) is 23.6 Å². The number of carbonyl (C=O) groups is 2. The van der Waals surface area contributed by atoms with Crippen LogP contribution in [0.4, 0.5) is 18.9 Å². The van der Waals surface area contributed by atoms with Crippen LogP contribution in [0, 0.1) is 6.92 Å². The van der Waals surface area contributed by atoms with Crippen LogP contribution in [0.2, 0.25) is 0 Å². The van der Waals surface area contributed by atoms with Gasteiger partial charge in [-0.2, -0.15) is 0 Å². The van der Waals surface area contributed by atoms with Crippen molar-refractivity contribution in [3.05, 3.63) is 89.0 Å². The number of halogens is 3. The third-order valence-electron chi connectivity index (χ3n) is 5.78. The van der Waals surface area contributed by atoms with Crippen LogP contribution in [-0.2, 0) is 9.59 Å². The van der Waals surface area contributed by atoms with Crippen LogP contribution in [0.25, 0.3) is 5.76 Å². The summed E-state index contributed by atoms with van der Waals surface area (Å²) in [6.07, 6.45) is -4.94. The van der Waals surface area contributed by atoms with Gasteiger partial charge in [-0.15, -0.1) is 13.2 Å². The normalized spacial score (nSPS) is 18.6. The third-order valence-corrected chi connectivity index (χ3v) is 5.78. The van der Waals surface area contributed by atoms with Crippen molar-refractivity contribution in [3.8, 4) is 17.2 Å². The average Bonchev–Trinajstić information content (AvgIpc) is 3.39. The first-order valence-corrected chi connectivity index (χ1v) is 10.8. The topological polar surface area (TPSA) is 85.3 Å². The van der Waals surface area contributed by atoms with Crippen molar-refractivity contribution in [2.24, 2.45) is 0 Å². The van der Waals surface area contributed by atoms with Crippen LogP contribution in [0.1, 0.15) is 22.7 Å². The van der Waals surface area contributed by atoms with Gasteiger partial charge in [-0.3, -0.25) is 14.5 Å². The smallest absolute Gasteiger partial charge is 0.507 e. The molecule has 0 aliphatic carbocycles. The van der Waals surface area contributed by atoms with Gasteiger partial charge in [-0.25, -0.2) is 0 Å². The lowest BCUT2D eigenvalue weighted by Gasteiger charge is -2.26. The van der Waals surface area contributed by atoms with E-state index in [1.54, 1.807) is 24.3 Å². The van der Waals surface area contributed by atoms with Crippen LogP contribution in [0.5, 0.6) is 17.2 Å². The molecule has 3 aromatic carbocycles. The Hall–Kier alpha value is -4.47. The van der Waals surface area contributed by atoms with Gasteiger partial charge in [0.15, 0.2) is 11.5 Å². The summed E-state index contributed by atoms with van der Waals surface area (Å²) in [7, 11) is 0. The number of hydrogen-bond acceptors (Lipinski definition) is 6. The maximum atomic E-state index is 13.2. The number of carbonyl (C=O) groups excluding carboxylic acids is 2. The lowest BCUT2D eigenvalue weighted by molar-refractivity contribution is -0.274. The summed E-state index contributed by atoms with van der Waals surface area (Å²) in [6.45, 7) is 1.81. The van der Waals surface area contributed by atoms with Crippen molar-refractivity contribution < 1.29 is 42.1 Å². The van der Waals surface area contributed by atoms with Gasteiger partial charge in [0.25, 0.3) is 11.7 Å². The molecule has 2 heterocycles. The molecule has 0 radical (unpaired) electrons. The van der Waals surface area contributed by atoms with E-state index >= 15 is 0 Å². The molecule has 10 heteroatoms. The Morgan fingerprint density at radius 3 is 2.50 bits per heavy atom. The number of ketones is 1. The second kappa shape index (κ2) is 8.63. The molecule has 1 N–H and O–H groups in total. The Labute approximate surface area is 202 Å². The van der Waals surface area contributed by atoms with Crippen molar-refractivity contribution in [2.45, 2.75) is 19.3 Å². The highest BCUT2D eigenvalue weighted by Gasteiger charge is 2.47. The molecule has 184 valence electrons. The number of anilines is 1. The fourth-order valence-corrected chi connectivity index (χ4v) is 4.28. The highest BCUT2D eigenvalue weighted by atomic mass is 19.4. The predicted molar refractivity (Wildman–Crippen MR) is 122 cm³/mol. The highest BCUT2D eigenvalue weighted by molar-refractivity contribution is 6.51. The molecule has 1 fully saturated rings. The summed E-state index contributed by atoms with van der Waals surface area (Å²) in [6, 6.07) is 15.1. The molecule has 1 atom stereocenters. The summed E-state index contributed by atoms with van der Waals surface area (Å²) >= 11 is 0. The summed E-state index contributed by atoms with van der Waals surface area (Å²) in [5, 5.41) is 11.2. The van der Waals surface area contributed by atoms with Crippen LogP contribution in [0.15, 0.2) is 72.3 Å². The number of aryl methyl sites for hydroxylation is 1. The first-order chi connectivity index (χ1) is 17.1. The fourth-order valence-electron chi connectivity index (χ4n) is 4.28. The lowest BCUT2D eigenvalue weighted by atomic mass is 9.94. The third kappa shape index (κ3) is 4.21. The molecule has 2 aliphatic rings. The van der Waals surface area contributed by atoms with Crippen molar-refractivity contribution >= 4 is 23.1 Å². The van der Waals surface area contributed by atoms with Gasteiger partial charge in [-0.1, -0.05) is 35.9 Å². The second-order valence-corrected chi connectivity index (χ2v) is 8.20. The van der Waals surface area contributed by atoms with Gasteiger partial charge in [-0.05, 0) is 42.8 Å². The number of aliphatic hydroxyl groups excluding tert-OH is 1.